The van der Waals surface area contributed by atoms with Crippen LogP contribution in [-0.2, 0) is 6.54 Å². The Morgan fingerprint density at radius 1 is 1.21 bits per heavy atom. The van der Waals surface area contributed by atoms with Crippen LogP contribution in [0, 0.1) is 12.7 Å². The van der Waals surface area contributed by atoms with E-state index in [-0.39, 0.29) is 23.3 Å². The average molecular weight is 378 g/mol. The number of para-hydroxylation sites is 1. The SMILES string of the molecule is Cc1c(C(=O)NC(CCn2cncn2)c2ccccc2)oc2c(F)cccc12. The number of amides is 1. The van der Waals surface area contributed by atoms with Gasteiger partial charge in [0, 0.05) is 17.5 Å². The summed E-state index contributed by atoms with van der Waals surface area (Å²) < 4.78 is 21.3. The lowest BCUT2D eigenvalue weighted by Crippen LogP contribution is -2.29. The third kappa shape index (κ3) is 3.51. The van der Waals surface area contributed by atoms with Crippen LogP contribution in [0.3, 0.4) is 0 Å². The first-order valence-corrected chi connectivity index (χ1v) is 8.99. The van der Waals surface area contributed by atoms with Crippen molar-refractivity contribution in [1.82, 2.24) is 20.1 Å². The Balaban J connectivity index is 1.60. The quantitative estimate of drug-likeness (QED) is 0.550. The smallest absolute Gasteiger partial charge is 0.287 e. The maximum Gasteiger partial charge on any atom is 0.287 e. The normalized spacial score (nSPS) is 12.2. The van der Waals surface area contributed by atoms with Crippen molar-refractivity contribution in [2.45, 2.75) is 25.9 Å². The molecular weight excluding hydrogens is 359 g/mol. The van der Waals surface area contributed by atoms with Gasteiger partial charge in [-0.25, -0.2) is 9.37 Å². The van der Waals surface area contributed by atoms with Crippen LogP contribution in [0.5, 0.6) is 0 Å². The van der Waals surface area contributed by atoms with E-state index in [0.717, 1.165) is 5.56 Å². The summed E-state index contributed by atoms with van der Waals surface area (Å²) in [5.41, 5.74) is 1.69. The van der Waals surface area contributed by atoms with E-state index in [1.807, 2.05) is 30.3 Å². The molecular formula is C21H19FN4O2. The van der Waals surface area contributed by atoms with E-state index in [9.17, 15) is 9.18 Å². The van der Waals surface area contributed by atoms with Gasteiger partial charge in [0.1, 0.15) is 12.7 Å². The fraction of sp³-hybridized carbons (Fsp3) is 0.190. The number of hydrogen-bond acceptors (Lipinski definition) is 4. The molecule has 0 fully saturated rings. The summed E-state index contributed by atoms with van der Waals surface area (Å²) in [4.78, 5) is 16.9. The molecule has 1 amide bonds. The van der Waals surface area contributed by atoms with E-state index in [4.69, 9.17) is 4.42 Å². The first-order chi connectivity index (χ1) is 13.6. The number of rotatable bonds is 6. The predicted molar refractivity (Wildman–Crippen MR) is 102 cm³/mol. The lowest BCUT2D eigenvalue weighted by Gasteiger charge is -2.19. The summed E-state index contributed by atoms with van der Waals surface area (Å²) in [5.74, 6) is -0.729. The number of hydrogen-bond donors (Lipinski definition) is 1. The molecule has 0 bridgehead atoms. The number of benzene rings is 2. The van der Waals surface area contributed by atoms with Crippen LogP contribution in [0.4, 0.5) is 4.39 Å². The minimum atomic E-state index is -0.481. The number of furan rings is 1. The second-order valence-corrected chi connectivity index (χ2v) is 6.56. The Bertz CT molecular complexity index is 1090. The predicted octanol–water partition coefficient (Wildman–Crippen LogP) is 4.03. The molecule has 6 nitrogen and oxygen atoms in total. The molecule has 0 aliphatic rings. The summed E-state index contributed by atoms with van der Waals surface area (Å²) in [7, 11) is 0. The molecule has 1 N–H and O–H groups in total. The zero-order valence-electron chi connectivity index (χ0n) is 15.3. The average Bonchev–Trinajstić information content (AvgIpc) is 3.35. The van der Waals surface area contributed by atoms with Crippen LogP contribution < -0.4 is 5.32 Å². The summed E-state index contributed by atoms with van der Waals surface area (Å²) in [5, 5.41) is 7.72. The topological polar surface area (TPSA) is 73.0 Å². The van der Waals surface area contributed by atoms with Crippen LogP contribution >= 0.6 is 0 Å². The Morgan fingerprint density at radius 3 is 2.75 bits per heavy atom. The zero-order chi connectivity index (χ0) is 19.5. The van der Waals surface area contributed by atoms with Gasteiger partial charge in [0.05, 0.1) is 6.04 Å². The van der Waals surface area contributed by atoms with Gasteiger partial charge in [-0.3, -0.25) is 9.48 Å². The molecule has 0 radical (unpaired) electrons. The zero-order valence-corrected chi connectivity index (χ0v) is 15.3. The monoisotopic (exact) mass is 378 g/mol. The van der Waals surface area contributed by atoms with E-state index >= 15 is 0 Å². The van der Waals surface area contributed by atoms with Gasteiger partial charge < -0.3 is 9.73 Å². The lowest BCUT2D eigenvalue weighted by molar-refractivity contribution is 0.0906. The molecule has 28 heavy (non-hydrogen) atoms. The van der Waals surface area contributed by atoms with Crippen LogP contribution in [-0.4, -0.2) is 20.7 Å². The largest absolute Gasteiger partial charge is 0.448 e. The molecule has 4 aromatic rings. The first kappa shape index (κ1) is 17.9. The lowest BCUT2D eigenvalue weighted by atomic mass is 10.0. The molecule has 2 aromatic heterocycles. The maximum absolute atomic E-state index is 14.0. The highest BCUT2D eigenvalue weighted by Gasteiger charge is 2.22. The van der Waals surface area contributed by atoms with Crippen molar-refractivity contribution < 1.29 is 13.6 Å². The summed E-state index contributed by atoms with van der Waals surface area (Å²) in [6.07, 6.45) is 3.73. The minimum absolute atomic E-state index is 0.101. The van der Waals surface area contributed by atoms with Crippen LogP contribution in [0.25, 0.3) is 11.0 Å². The van der Waals surface area contributed by atoms with E-state index < -0.39 is 5.82 Å². The van der Waals surface area contributed by atoms with E-state index in [1.165, 1.54) is 12.4 Å². The molecule has 0 aliphatic carbocycles. The fourth-order valence-corrected chi connectivity index (χ4v) is 3.27. The van der Waals surface area contributed by atoms with Gasteiger partial charge >= 0.3 is 0 Å². The number of aryl methyl sites for hydroxylation is 2. The van der Waals surface area contributed by atoms with Crippen molar-refractivity contribution >= 4 is 16.9 Å². The van der Waals surface area contributed by atoms with E-state index in [1.54, 1.807) is 30.1 Å². The molecule has 0 saturated heterocycles. The van der Waals surface area contributed by atoms with Crippen LogP contribution in [0.15, 0.2) is 65.6 Å². The molecule has 1 atom stereocenters. The number of carbonyl (C=O) groups excluding carboxylic acids is 1. The third-order valence-corrected chi connectivity index (χ3v) is 4.74. The Hall–Kier alpha value is -3.48. The molecule has 2 aromatic carbocycles. The Kier molecular flexibility index (Phi) is 4.89. The number of carbonyl (C=O) groups is 1. The second kappa shape index (κ2) is 7.64. The molecule has 0 aliphatic heterocycles. The van der Waals surface area contributed by atoms with Gasteiger partial charge in [0.2, 0.25) is 0 Å². The van der Waals surface area contributed by atoms with Gasteiger partial charge in [-0.15, -0.1) is 0 Å². The highest BCUT2D eigenvalue weighted by Crippen LogP contribution is 2.28. The molecule has 1 unspecified atom stereocenters. The van der Waals surface area contributed by atoms with Crippen LogP contribution in [0.1, 0.15) is 34.1 Å². The number of nitrogens with zero attached hydrogens (tertiary/aromatic N) is 3. The maximum atomic E-state index is 14.0. The highest BCUT2D eigenvalue weighted by molar-refractivity contribution is 5.99. The first-order valence-electron chi connectivity index (χ1n) is 8.99. The van der Waals surface area contributed by atoms with Gasteiger partial charge in [-0.05, 0) is 25.0 Å². The highest BCUT2D eigenvalue weighted by atomic mass is 19.1. The minimum Gasteiger partial charge on any atom is -0.448 e. The Morgan fingerprint density at radius 2 is 2.04 bits per heavy atom. The molecule has 142 valence electrons. The fourth-order valence-electron chi connectivity index (χ4n) is 3.27. The van der Waals surface area contributed by atoms with Gasteiger partial charge in [-0.2, -0.15) is 5.10 Å². The number of nitrogens with one attached hydrogen (secondary N) is 1. The van der Waals surface area contributed by atoms with Crippen molar-refractivity contribution in [2.75, 3.05) is 0 Å². The van der Waals surface area contributed by atoms with Gasteiger partial charge in [0.15, 0.2) is 17.2 Å². The van der Waals surface area contributed by atoms with Gasteiger partial charge in [-0.1, -0.05) is 42.5 Å². The summed E-state index contributed by atoms with van der Waals surface area (Å²) in [6, 6.07) is 14.1. The number of halogens is 1. The number of fused-ring (bicyclic) bond motifs is 1. The van der Waals surface area contributed by atoms with Crippen molar-refractivity contribution in [3.8, 4) is 0 Å². The number of aromatic nitrogens is 3. The third-order valence-electron chi connectivity index (χ3n) is 4.74. The Labute approximate surface area is 161 Å². The van der Waals surface area contributed by atoms with Crippen molar-refractivity contribution in [3.63, 3.8) is 0 Å². The van der Waals surface area contributed by atoms with Crippen LogP contribution in [0.2, 0.25) is 0 Å². The molecule has 0 spiro atoms. The molecule has 7 heteroatoms. The van der Waals surface area contributed by atoms with Crippen molar-refractivity contribution in [2.24, 2.45) is 0 Å². The molecule has 2 heterocycles. The summed E-state index contributed by atoms with van der Waals surface area (Å²) >= 11 is 0. The van der Waals surface area contributed by atoms with Crippen molar-refractivity contribution in [1.29, 1.82) is 0 Å². The van der Waals surface area contributed by atoms with Gasteiger partial charge in [0.25, 0.3) is 5.91 Å². The van der Waals surface area contributed by atoms with E-state index in [0.29, 0.717) is 23.9 Å². The van der Waals surface area contributed by atoms with E-state index in [2.05, 4.69) is 15.4 Å². The molecule has 0 saturated carbocycles. The second-order valence-electron chi connectivity index (χ2n) is 6.56. The summed E-state index contributed by atoms with van der Waals surface area (Å²) in [6.45, 7) is 2.35. The molecule has 4 rings (SSSR count). The standard InChI is InChI=1S/C21H19FN4O2/c1-14-16-8-5-9-17(22)20(16)28-19(14)21(27)25-18(15-6-3-2-4-7-15)10-11-26-13-23-12-24-26/h2-9,12-13,18H,10-11H2,1H3,(H,25,27). The van der Waals surface area contributed by atoms with Crippen molar-refractivity contribution in [3.05, 3.63) is 83.9 Å².